The molecule has 2 aliphatic heterocycles. The molecule has 0 aliphatic carbocycles. The molecule has 1 saturated heterocycles. The molecule has 0 unspecified atom stereocenters. The lowest BCUT2D eigenvalue weighted by Gasteiger charge is -2.56. The predicted octanol–water partition coefficient (Wildman–Crippen LogP) is 2.47. The van der Waals surface area contributed by atoms with Crippen LogP contribution >= 0.6 is 0 Å². The third kappa shape index (κ3) is 3.86. The van der Waals surface area contributed by atoms with Crippen LogP contribution in [0.5, 0.6) is 11.5 Å². The minimum atomic E-state index is -0.225. The summed E-state index contributed by atoms with van der Waals surface area (Å²) in [6.45, 7) is 2.74. The molecule has 8 nitrogen and oxygen atoms in total. The van der Waals surface area contributed by atoms with Gasteiger partial charge in [-0.3, -0.25) is 9.69 Å². The van der Waals surface area contributed by atoms with E-state index in [1.165, 1.54) is 5.56 Å². The third-order valence-corrected chi connectivity index (χ3v) is 7.55. The summed E-state index contributed by atoms with van der Waals surface area (Å²) in [5.41, 5.74) is 4.30. The maximum absolute atomic E-state index is 12.6. The summed E-state index contributed by atoms with van der Waals surface area (Å²) in [6, 6.07) is 14.0. The number of hydrogen-bond acceptors (Lipinski definition) is 6. The lowest BCUT2D eigenvalue weighted by atomic mass is 9.68. The van der Waals surface area contributed by atoms with Crippen LogP contribution in [-0.2, 0) is 28.5 Å². The van der Waals surface area contributed by atoms with Gasteiger partial charge in [0.15, 0.2) is 0 Å². The number of ether oxygens (including phenoxy) is 3. The van der Waals surface area contributed by atoms with E-state index in [0.29, 0.717) is 19.6 Å². The summed E-state index contributed by atoms with van der Waals surface area (Å²) in [4.78, 5) is 16.8. The zero-order valence-electron chi connectivity index (χ0n) is 20.8. The van der Waals surface area contributed by atoms with Gasteiger partial charge in [0.2, 0.25) is 5.91 Å². The first-order valence-electron chi connectivity index (χ1n) is 11.9. The number of nitrogens with zero attached hydrogens (tertiary/aromatic N) is 3. The van der Waals surface area contributed by atoms with Gasteiger partial charge in [0.05, 0.1) is 32.4 Å². The molecule has 35 heavy (non-hydrogen) atoms. The number of methoxy groups -OCH3 is 3. The van der Waals surface area contributed by atoms with Crippen LogP contribution in [0.25, 0.3) is 10.9 Å². The molecule has 5 rings (SSSR count). The zero-order chi connectivity index (χ0) is 24.7. The summed E-state index contributed by atoms with van der Waals surface area (Å²) < 4.78 is 18.2. The first-order valence-corrected chi connectivity index (χ1v) is 11.9. The number of benzene rings is 2. The van der Waals surface area contributed by atoms with Crippen LogP contribution in [0, 0.1) is 0 Å². The molecule has 2 aliphatic rings. The van der Waals surface area contributed by atoms with E-state index in [9.17, 15) is 9.90 Å². The molecule has 1 spiro atoms. The number of carbonyl (C=O) groups is 1. The van der Waals surface area contributed by atoms with Gasteiger partial charge in [-0.05, 0) is 35.4 Å². The normalized spacial score (nSPS) is 19.0. The molecule has 3 aromatic rings. The fourth-order valence-electron chi connectivity index (χ4n) is 5.97. The van der Waals surface area contributed by atoms with E-state index in [4.69, 9.17) is 14.2 Å². The average molecular weight is 480 g/mol. The monoisotopic (exact) mass is 479 g/mol. The fraction of sp³-hybridized carbons (Fsp3) is 0.444. The number of hydrogen-bond donors (Lipinski definition) is 1. The van der Waals surface area contributed by atoms with Gasteiger partial charge in [0.25, 0.3) is 0 Å². The summed E-state index contributed by atoms with van der Waals surface area (Å²) in [6.07, 6.45) is 0. The Morgan fingerprint density at radius 2 is 1.80 bits per heavy atom. The molecule has 1 N–H and O–H groups in total. The predicted molar refractivity (Wildman–Crippen MR) is 133 cm³/mol. The Morgan fingerprint density at radius 3 is 2.49 bits per heavy atom. The van der Waals surface area contributed by atoms with Gasteiger partial charge in [-0.1, -0.05) is 12.1 Å². The first-order chi connectivity index (χ1) is 16.9. The van der Waals surface area contributed by atoms with Crippen LogP contribution in [-0.4, -0.2) is 79.6 Å². The third-order valence-electron chi connectivity index (χ3n) is 7.55. The van der Waals surface area contributed by atoms with Gasteiger partial charge in [0, 0.05) is 62.9 Å². The second kappa shape index (κ2) is 9.18. The van der Waals surface area contributed by atoms with Crippen LogP contribution in [0.15, 0.2) is 42.5 Å². The second-order valence-electron chi connectivity index (χ2n) is 9.62. The highest BCUT2D eigenvalue weighted by atomic mass is 16.5. The highest BCUT2D eigenvalue weighted by Crippen LogP contribution is 2.50. The zero-order valence-corrected chi connectivity index (χ0v) is 20.8. The van der Waals surface area contributed by atoms with Crippen molar-refractivity contribution in [3.05, 3.63) is 59.3 Å². The summed E-state index contributed by atoms with van der Waals surface area (Å²) >= 11 is 0. The molecule has 0 bridgehead atoms. The highest BCUT2D eigenvalue weighted by molar-refractivity contribution is 5.89. The number of aliphatic hydroxyl groups is 1. The first kappa shape index (κ1) is 23.7. The van der Waals surface area contributed by atoms with Crippen molar-refractivity contribution in [2.45, 2.75) is 18.0 Å². The number of aliphatic hydroxyl groups excluding tert-OH is 1. The summed E-state index contributed by atoms with van der Waals surface area (Å²) in [7, 11) is 6.94. The van der Waals surface area contributed by atoms with Crippen molar-refractivity contribution >= 4 is 16.8 Å². The lowest BCUT2D eigenvalue weighted by Crippen LogP contribution is -2.68. The van der Waals surface area contributed by atoms with E-state index in [2.05, 4.69) is 34.7 Å². The average Bonchev–Trinajstić information content (AvgIpc) is 3.14. The van der Waals surface area contributed by atoms with Crippen molar-refractivity contribution in [2.24, 2.45) is 7.05 Å². The number of amides is 1. The standard InChI is InChI=1S/C27H33N3O5/c1-28-22-11-20(35-4)8-9-21(22)25-26(28)23(13-31)29(12-18-6-5-7-19(10-18)34-3)15-27(25)16-30(17-27)24(32)14-33-2/h5-11,23,31H,12-17H2,1-4H3/t23-/m0/s1. The maximum Gasteiger partial charge on any atom is 0.248 e. The number of rotatable bonds is 7. The highest BCUT2D eigenvalue weighted by Gasteiger charge is 2.54. The molecular weight excluding hydrogens is 446 g/mol. The van der Waals surface area contributed by atoms with Crippen LogP contribution in [0.2, 0.25) is 0 Å². The molecule has 0 radical (unpaired) electrons. The van der Waals surface area contributed by atoms with Crippen molar-refractivity contribution in [1.82, 2.24) is 14.4 Å². The SMILES string of the molecule is COCC(=O)N1CC2(C1)CN(Cc1cccc(OC)c1)[C@@H](CO)c1c2c2ccc(OC)cc2n1C. The largest absolute Gasteiger partial charge is 0.497 e. The van der Waals surface area contributed by atoms with Gasteiger partial charge < -0.3 is 28.8 Å². The molecule has 1 fully saturated rings. The van der Waals surface area contributed by atoms with E-state index in [0.717, 1.165) is 40.2 Å². The number of fused-ring (bicyclic) bond motifs is 4. The van der Waals surface area contributed by atoms with Crippen LogP contribution in [0.3, 0.4) is 0 Å². The van der Waals surface area contributed by atoms with Gasteiger partial charge >= 0.3 is 0 Å². The van der Waals surface area contributed by atoms with E-state index in [1.807, 2.05) is 29.2 Å². The Morgan fingerprint density at radius 1 is 1.06 bits per heavy atom. The number of carbonyl (C=O) groups excluding carboxylic acids is 1. The number of aryl methyl sites for hydroxylation is 1. The molecular formula is C27H33N3O5. The van der Waals surface area contributed by atoms with Crippen molar-refractivity contribution in [3.63, 3.8) is 0 Å². The van der Waals surface area contributed by atoms with Gasteiger partial charge in [0.1, 0.15) is 18.1 Å². The Bertz CT molecular complexity index is 1250. The summed E-state index contributed by atoms with van der Waals surface area (Å²) in [5, 5.41) is 11.8. The Labute approximate surface area is 205 Å². The lowest BCUT2D eigenvalue weighted by molar-refractivity contribution is -0.144. The van der Waals surface area contributed by atoms with E-state index in [-0.39, 0.29) is 30.6 Å². The van der Waals surface area contributed by atoms with Crippen LogP contribution in [0.4, 0.5) is 0 Å². The van der Waals surface area contributed by atoms with E-state index in [1.54, 1.807) is 21.3 Å². The maximum atomic E-state index is 12.6. The minimum absolute atomic E-state index is 0.000660. The Kier molecular flexibility index (Phi) is 6.21. The second-order valence-corrected chi connectivity index (χ2v) is 9.62. The van der Waals surface area contributed by atoms with Gasteiger partial charge in [-0.2, -0.15) is 0 Å². The van der Waals surface area contributed by atoms with Crippen molar-refractivity contribution in [3.8, 4) is 11.5 Å². The van der Waals surface area contributed by atoms with Crippen LogP contribution in [0.1, 0.15) is 22.9 Å². The van der Waals surface area contributed by atoms with Crippen molar-refractivity contribution < 1.29 is 24.1 Å². The van der Waals surface area contributed by atoms with Crippen LogP contribution < -0.4 is 9.47 Å². The minimum Gasteiger partial charge on any atom is -0.497 e. The molecule has 1 aromatic heterocycles. The Hall–Kier alpha value is -3.07. The van der Waals surface area contributed by atoms with Gasteiger partial charge in [-0.15, -0.1) is 0 Å². The number of aromatic nitrogens is 1. The molecule has 1 atom stereocenters. The fourth-order valence-corrected chi connectivity index (χ4v) is 5.97. The van der Waals surface area contributed by atoms with E-state index < -0.39 is 0 Å². The molecule has 186 valence electrons. The summed E-state index contributed by atoms with van der Waals surface area (Å²) in [5.74, 6) is 1.61. The molecule has 2 aromatic carbocycles. The van der Waals surface area contributed by atoms with Crippen molar-refractivity contribution in [1.29, 1.82) is 0 Å². The molecule has 3 heterocycles. The quantitative estimate of drug-likeness (QED) is 0.561. The van der Waals surface area contributed by atoms with Gasteiger partial charge in [-0.25, -0.2) is 0 Å². The molecule has 8 heteroatoms. The smallest absolute Gasteiger partial charge is 0.248 e. The Balaban J connectivity index is 1.61. The topological polar surface area (TPSA) is 76.4 Å². The molecule has 0 saturated carbocycles. The van der Waals surface area contributed by atoms with Crippen molar-refractivity contribution in [2.75, 3.05) is 54.2 Å². The van der Waals surface area contributed by atoms with E-state index >= 15 is 0 Å². The molecule has 1 amide bonds. The number of likely N-dealkylation sites (tertiary alicyclic amines) is 1.